The Balaban J connectivity index is 1.77. The molecule has 1 fully saturated rings. The van der Waals surface area contributed by atoms with E-state index in [0.717, 1.165) is 39.3 Å². The van der Waals surface area contributed by atoms with Crippen molar-refractivity contribution in [2.75, 3.05) is 32.8 Å². The van der Waals surface area contributed by atoms with Crippen molar-refractivity contribution < 1.29 is 4.74 Å². The van der Waals surface area contributed by atoms with Crippen molar-refractivity contribution in [3.05, 3.63) is 35.9 Å². The minimum atomic E-state index is 0.223. The minimum Gasteiger partial charge on any atom is -0.379 e. The second kappa shape index (κ2) is 5.99. The first-order valence-corrected chi connectivity index (χ1v) is 5.94. The molecule has 0 saturated carbocycles. The molecule has 16 heavy (non-hydrogen) atoms. The summed E-state index contributed by atoms with van der Waals surface area (Å²) in [5.41, 5.74) is 7.48. The highest BCUT2D eigenvalue weighted by Crippen LogP contribution is 2.04. The van der Waals surface area contributed by atoms with Crippen molar-refractivity contribution in [3.8, 4) is 0 Å². The average molecular weight is 220 g/mol. The Hall–Kier alpha value is -0.900. The van der Waals surface area contributed by atoms with Crippen molar-refractivity contribution in [2.24, 2.45) is 5.73 Å². The summed E-state index contributed by atoms with van der Waals surface area (Å²) in [5, 5.41) is 0. The summed E-state index contributed by atoms with van der Waals surface area (Å²) in [6.07, 6.45) is 0.957. The Morgan fingerprint density at radius 1 is 1.19 bits per heavy atom. The molecule has 1 unspecified atom stereocenters. The predicted molar refractivity (Wildman–Crippen MR) is 65.4 cm³/mol. The smallest absolute Gasteiger partial charge is 0.0594 e. The topological polar surface area (TPSA) is 38.5 Å². The molecule has 1 aromatic rings. The lowest BCUT2D eigenvalue weighted by molar-refractivity contribution is 0.0353. The largest absolute Gasteiger partial charge is 0.379 e. The Labute approximate surface area is 97.2 Å². The number of hydrogen-bond donors (Lipinski definition) is 1. The highest BCUT2D eigenvalue weighted by atomic mass is 16.5. The molecule has 0 aromatic heterocycles. The van der Waals surface area contributed by atoms with Crippen molar-refractivity contribution in [2.45, 2.75) is 12.5 Å². The van der Waals surface area contributed by atoms with E-state index in [4.69, 9.17) is 10.5 Å². The van der Waals surface area contributed by atoms with Crippen LogP contribution in [0.5, 0.6) is 0 Å². The van der Waals surface area contributed by atoms with E-state index in [-0.39, 0.29) is 6.04 Å². The quantitative estimate of drug-likeness (QED) is 0.819. The third-order valence-corrected chi connectivity index (χ3v) is 2.94. The van der Waals surface area contributed by atoms with Crippen LogP contribution in [-0.2, 0) is 11.2 Å². The fourth-order valence-corrected chi connectivity index (χ4v) is 2.10. The maximum Gasteiger partial charge on any atom is 0.0594 e. The van der Waals surface area contributed by atoms with Crippen LogP contribution in [0.4, 0.5) is 0 Å². The van der Waals surface area contributed by atoms with Crippen LogP contribution in [-0.4, -0.2) is 43.8 Å². The van der Waals surface area contributed by atoms with E-state index in [1.165, 1.54) is 5.56 Å². The molecule has 2 rings (SSSR count). The summed E-state index contributed by atoms with van der Waals surface area (Å²) in [5.74, 6) is 0. The monoisotopic (exact) mass is 220 g/mol. The Morgan fingerprint density at radius 3 is 2.56 bits per heavy atom. The van der Waals surface area contributed by atoms with E-state index in [0.29, 0.717) is 0 Å². The molecule has 1 saturated heterocycles. The second-order valence-corrected chi connectivity index (χ2v) is 4.36. The van der Waals surface area contributed by atoms with Gasteiger partial charge in [-0.1, -0.05) is 30.3 Å². The zero-order valence-electron chi connectivity index (χ0n) is 9.64. The van der Waals surface area contributed by atoms with Gasteiger partial charge in [0.1, 0.15) is 0 Å². The van der Waals surface area contributed by atoms with Gasteiger partial charge in [-0.3, -0.25) is 4.90 Å². The number of benzene rings is 1. The van der Waals surface area contributed by atoms with E-state index in [9.17, 15) is 0 Å². The van der Waals surface area contributed by atoms with Crippen molar-refractivity contribution in [3.63, 3.8) is 0 Å². The molecule has 1 aliphatic heterocycles. The Morgan fingerprint density at radius 2 is 1.88 bits per heavy atom. The van der Waals surface area contributed by atoms with Gasteiger partial charge >= 0.3 is 0 Å². The maximum absolute atomic E-state index is 6.15. The van der Waals surface area contributed by atoms with Crippen LogP contribution in [0.1, 0.15) is 5.56 Å². The summed E-state index contributed by atoms with van der Waals surface area (Å²) < 4.78 is 5.32. The normalized spacial score (nSPS) is 19.6. The lowest BCUT2D eigenvalue weighted by Crippen LogP contribution is -2.44. The number of nitrogens with zero attached hydrogens (tertiary/aromatic N) is 1. The summed E-state index contributed by atoms with van der Waals surface area (Å²) in [7, 11) is 0. The molecule has 2 N–H and O–H groups in total. The van der Waals surface area contributed by atoms with Gasteiger partial charge in [0.25, 0.3) is 0 Å². The highest BCUT2D eigenvalue weighted by molar-refractivity contribution is 5.15. The van der Waals surface area contributed by atoms with Gasteiger partial charge in [-0.05, 0) is 12.0 Å². The van der Waals surface area contributed by atoms with Gasteiger partial charge in [-0.2, -0.15) is 0 Å². The van der Waals surface area contributed by atoms with E-state index >= 15 is 0 Å². The van der Waals surface area contributed by atoms with E-state index < -0.39 is 0 Å². The molecule has 0 bridgehead atoms. The summed E-state index contributed by atoms with van der Waals surface area (Å²) >= 11 is 0. The van der Waals surface area contributed by atoms with Gasteiger partial charge in [0, 0.05) is 25.7 Å². The van der Waals surface area contributed by atoms with Crippen LogP contribution in [0.25, 0.3) is 0 Å². The van der Waals surface area contributed by atoms with Gasteiger partial charge < -0.3 is 10.5 Å². The van der Waals surface area contributed by atoms with Crippen molar-refractivity contribution in [1.82, 2.24) is 4.90 Å². The van der Waals surface area contributed by atoms with Crippen LogP contribution >= 0.6 is 0 Å². The van der Waals surface area contributed by atoms with Gasteiger partial charge in [-0.25, -0.2) is 0 Å². The number of ether oxygens (including phenoxy) is 1. The fourth-order valence-electron chi connectivity index (χ4n) is 2.10. The Kier molecular flexibility index (Phi) is 4.34. The first kappa shape index (κ1) is 11.6. The third-order valence-electron chi connectivity index (χ3n) is 2.94. The fraction of sp³-hybridized carbons (Fsp3) is 0.538. The molecule has 0 aliphatic carbocycles. The average Bonchev–Trinajstić information content (AvgIpc) is 2.31. The number of morpholine rings is 1. The molecule has 3 heteroatoms. The molecule has 88 valence electrons. The number of hydrogen-bond acceptors (Lipinski definition) is 3. The molecule has 0 radical (unpaired) electrons. The van der Waals surface area contributed by atoms with Gasteiger partial charge in [0.2, 0.25) is 0 Å². The standard InChI is InChI=1S/C13H20N2O/c14-13(10-12-4-2-1-3-5-12)11-15-6-8-16-9-7-15/h1-5,13H,6-11,14H2. The highest BCUT2D eigenvalue weighted by Gasteiger charge is 2.13. The van der Waals surface area contributed by atoms with Crippen molar-refractivity contribution >= 4 is 0 Å². The molecule has 1 heterocycles. The lowest BCUT2D eigenvalue weighted by Gasteiger charge is -2.29. The summed E-state index contributed by atoms with van der Waals surface area (Å²) in [6.45, 7) is 4.69. The first-order valence-electron chi connectivity index (χ1n) is 5.94. The van der Waals surface area contributed by atoms with Gasteiger partial charge in [-0.15, -0.1) is 0 Å². The molecule has 1 aliphatic rings. The Bertz CT molecular complexity index is 296. The number of nitrogens with two attached hydrogens (primary N) is 1. The summed E-state index contributed by atoms with van der Waals surface area (Å²) in [6, 6.07) is 10.7. The molecule has 0 spiro atoms. The molecule has 1 aromatic carbocycles. The summed E-state index contributed by atoms with van der Waals surface area (Å²) in [4.78, 5) is 2.39. The van der Waals surface area contributed by atoms with E-state index in [1.807, 2.05) is 6.07 Å². The molecular weight excluding hydrogens is 200 g/mol. The second-order valence-electron chi connectivity index (χ2n) is 4.36. The predicted octanol–water partition coefficient (Wildman–Crippen LogP) is 0.889. The molecular formula is C13H20N2O. The molecule has 1 atom stereocenters. The van der Waals surface area contributed by atoms with Crippen LogP contribution < -0.4 is 5.73 Å². The van der Waals surface area contributed by atoms with Gasteiger partial charge in [0.15, 0.2) is 0 Å². The van der Waals surface area contributed by atoms with Crippen LogP contribution in [0, 0.1) is 0 Å². The zero-order valence-corrected chi connectivity index (χ0v) is 9.64. The molecule has 0 amide bonds. The SMILES string of the molecule is NC(Cc1ccccc1)CN1CCOCC1. The van der Waals surface area contributed by atoms with Crippen LogP contribution in [0.2, 0.25) is 0 Å². The first-order chi connectivity index (χ1) is 7.84. The third kappa shape index (κ3) is 3.59. The molecule has 3 nitrogen and oxygen atoms in total. The lowest BCUT2D eigenvalue weighted by atomic mass is 10.1. The van der Waals surface area contributed by atoms with Crippen LogP contribution in [0.3, 0.4) is 0 Å². The maximum atomic E-state index is 6.15. The number of rotatable bonds is 4. The van der Waals surface area contributed by atoms with E-state index in [1.54, 1.807) is 0 Å². The minimum absolute atomic E-state index is 0.223. The van der Waals surface area contributed by atoms with Crippen molar-refractivity contribution in [1.29, 1.82) is 0 Å². The zero-order chi connectivity index (χ0) is 11.2. The van der Waals surface area contributed by atoms with Crippen LogP contribution in [0.15, 0.2) is 30.3 Å². The van der Waals surface area contributed by atoms with E-state index in [2.05, 4.69) is 29.2 Å². The van der Waals surface area contributed by atoms with Gasteiger partial charge in [0.05, 0.1) is 13.2 Å².